The van der Waals surface area contributed by atoms with Gasteiger partial charge in [0.25, 0.3) is 0 Å². The first-order chi connectivity index (χ1) is 4.30. The van der Waals surface area contributed by atoms with E-state index in [4.69, 9.17) is 11.6 Å². The van der Waals surface area contributed by atoms with E-state index in [1.54, 1.807) is 23.5 Å². The fourth-order valence-electron chi connectivity index (χ4n) is 0.619. The summed E-state index contributed by atoms with van der Waals surface area (Å²) in [5, 5.41) is -0.204. The molecule has 0 bridgehead atoms. The van der Waals surface area contributed by atoms with Crippen molar-refractivity contribution in [3.8, 4) is 0 Å². The largest absolute Gasteiger partial charge is 0.279 e. The van der Waals surface area contributed by atoms with Gasteiger partial charge in [0.05, 0.1) is 0 Å². The van der Waals surface area contributed by atoms with E-state index in [9.17, 15) is 4.79 Å². The molecule has 1 aliphatic rings. The molecule has 1 heterocycles. The highest BCUT2D eigenvalue weighted by Crippen LogP contribution is 2.31. The van der Waals surface area contributed by atoms with Crippen molar-refractivity contribution in [2.24, 2.45) is 0 Å². The van der Waals surface area contributed by atoms with Gasteiger partial charge in [-0.1, -0.05) is 0 Å². The summed E-state index contributed by atoms with van der Waals surface area (Å²) in [5.41, 5.74) is 0. The van der Waals surface area contributed by atoms with Crippen LogP contribution in [0.15, 0.2) is 0 Å². The molecule has 9 heavy (non-hydrogen) atoms. The molecule has 0 radical (unpaired) electrons. The minimum atomic E-state index is -0.204. The summed E-state index contributed by atoms with van der Waals surface area (Å²) >= 11 is 8.58. The van der Waals surface area contributed by atoms with E-state index >= 15 is 0 Å². The first-order valence-corrected chi connectivity index (χ1v) is 5.21. The maximum absolute atomic E-state index is 10.5. The highest BCUT2D eigenvalue weighted by Gasteiger charge is 2.19. The molecule has 0 spiro atoms. The number of rotatable bonds is 1. The smallest absolute Gasteiger partial charge is 0.244 e. The minimum absolute atomic E-state index is 0.0143. The third kappa shape index (κ3) is 2.40. The molecule has 0 unspecified atom stereocenters. The Morgan fingerprint density at radius 2 is 2.00 bits per heavy atom. The van der Waals surface area contributed by atoms with E-state index < -0.39 is 0 Å². The number of hydrogen-bond acceptors (Lipinski definition) is 3. The van der Waals surface area contributed by atoms with Gasteiger partial charge in [0.2, 0.25) is 5.24 Å². The van der Waals surface area contributed by atoms with Gasteiger partial charge in [0.15, 0.2) is 0 Å². The quantitative estimate of drug-likeness (QED) is 0.578. The number of carbonyl (C=O) groups is 1. The predicted octanol–water partition coefficient (Wildman–Crippen LogP) is 1.95. The molecular formula is C5H7ClOS2. The van der Waals surface area contributed by atoms with Crippen LogP contribution >= 0.6 is 35.1 Å². The van der Waals surface area contributed by atoms with Crippen molar-refractivity contribution < 1.29 is 4.79 Å². The Morgan fingerprint density at radius 1 is 1.44 bits per heavy atom. The lowest BCUT2D eigenvalue weighted by atomic mass is 10.6. The molecule has 52 valence electrons. The van der Waals surface area contributed by atoms with Gasteiger partial charge in [0.1, 0.15) is 4.58 Å². The molecule has 0 amide bonds. The van der Waals surface area contributed by atoms with E-state index in [0.717, 1.165) is 11.5 Å². The topological polar surface area (TPSA) is 17.1 Å². The van der Waals surface area contributed by atoms with E-state index in [-0.39, 0.29) is 9.82 Å². The van der Waals surface area contributed by atoms with Crippen molar-refractivity contribution in [1.29, 1.82) is 0 Å². The monoisotopic (exact) mass is 182 g/mol. The molecule has 0 saturated carbocycles. The zero-order valence-electron chi connectivity index (χ0n) is 4.80. The van der Waals surface area contributed by atoms with Gasteiger partial charge in [-0.25, -0.2) is 0 Å². The van der Waals surface area contributed by atoms with Crippen molar-refractivity contribution in [1.82, 2.24) is 0 Å². The average molecular weight is 183 g/mol. The van der Waals surface area contributed by atoms with Gasteiger partial charge in [0, 0.05) is 0 Å². The maximum atomic E-state index is 10.5. The molecule has 0 atom stereocenters. The first kappa shape index (κ1) is 7.76. The molecule has 1 aliphatic heterocycles. The molecule has 0 aromatic heterocycles. The maximum Gasteiger partial charge on any atom is 0.244 e. The summed E-state index contributed by atoms with van der Waals surface area (Å²) in [4.78, 5) is 10.5. The molecule has 1 fully saturated rings. The van der Waals surface area contributed by atoms with Gasteiger partial charge in [-0.15, -0.1) is 23.5 Å². The standard InChI is InChI=1S/C5H7ClOS2/c6-4(7)5-8-2-1-3-9-5/h5H,1-3H2. The fraction of sp³-hybridized carbons (Fsp3) is 0.800. The molecule has 1 rings (SSSR count). The lowest BCUT2D eigenvalue weighted by Gasteiger charge is -2.16. The second kappa shape index (κ2) is 3.74. The highest BCUT2D eigenvalue weighted by atomic mass is 35.5. The second-order valence-electron chi connectivity index (χ2n) is 1.73. The number of carbonyl (C=O) groups excluding carboxylic acids is 1. The van der Waals surface area contributed by atoms with Crippen molar-refractivity contribution in [3.05, 3.63) is 0 Å². The highest BCUT2D eigenvalue weighted by molar-refractivity contribution is 8.18. The lowest BCUT2D eigenvalue weighted by Crippen LogP contribution is -2.12. The average Bonchev–Trinajstić information content (AvgIpc) is 1.90. The third-order valence-corrected chi connectivity index (χ3v) is 4.39. The predicted molar refractivity (Wildman–Crippen MR) is 44.2 cm³/mol. The van der Waals surface area contributed by atoms with Crippen molar-refractivity contribution in [3.63, 3.8) is 0 Å². The van der Waals surface area contributed by atoms with Gasteiger partial charge in [-0.05, 0) is 29.5 Å². The van der Waals surface area contributed by atoms with Gasteiger partial charge in [-0.2, -0.15) is 0 Å². The van der Waals surface area contributed by atoms with Gasteiger partial charge >= 0.3 is 0 Å². The minimum Gasteiger partial charge on any atom is -0.279 e. The molecule has 0 aliphatic carbocycles. The number of halogens is 1. The Morgan fingerprint density at radius 3 is 2.33 bits per heavy atom. The summed E-state index contributed by atoms with van der Waals surface area (Å²) in [5.74, 6) is 2.16. The summed E-state index contributed by atoms with van der Waals surface area (Å²) in [6.07, 6.45) is 1.20. The molecule has 0 N–H and O–H groups in total. The van der Waals surface area contributed by atoms with E-state index in [2.05, 4.69) is 0 Å². The van der Waals surface area contributed by atoms with E-state index in [1.165, 1.54) is 6.42 Å². The third-order valence-electron chi connectivity index (χ3n) is 1.01. The summed E-state index contributed by atoms with van der Waals surface area (Å²) in [6, 6.07) is 0. The van der Waals surface area contributed by atoms with Gasteiger partial charge in [-0.3, -0.25) is 4.79 Å². The molecule has 0 aromatic rings. The second-order valence-corrected chi connectivity index (χ2v) is 4.83. The van der Waals surface area contributed by atoms with E-state index in [1.807, 2.05) is 0 Å². The lowest BCUT2D eigenvalue weighted by molar-refractivity contribution is -0.110. The zero-order valence-corrected chi connectivity index (χ0v) is 7.19. The van der Waals surface area contributed by atoms with Crippen LogP contribution in [0.1, 0.15) is 6.42 Å². The number of hydrogen-bond donors (Lipinski definition) is 0. The first-order valence-electron chi connectivity index (χ1n) is 2.73. The number of thioether (sulfide) groups is 2. The Balaban J connectivity index is 2.31. The molecule has 0 aromatic carbocycles. The van der Waals surface area contributed by atoms with Crippen LogP contribution in [0.2, 0.25) is 0 Å². The SMILES string of the molecule is O=C(Cl)C1SCCCS1. The molecule has 4 heteroatoms. The molecule has 1 nitrogen and oxygen atoms in total. The van der Waals surface area contributed by atoms with Crippen LogP contribution < -0.4 is 0 Å². The van der Waals surface area contributed by atoms with Crippen molar-refractivity contribution in [2.45, 2.75) is 11.0 Å². The van der Waals surface area contributed by atoms with Crippen LogP contribution in [0.4, 0.5) is 0 Å². The van der Waals surface area contributed by atoms with Crippen molar-refractivity contribution >= 4 is 40.4 Å². The molecule has 1 saturated heterocycles. The van der Waals surface area contributed by atoms with Crippen LogP contribution in [-0.2, 0) is 4.79 Å². The van der Waals surface area contributed by atoms with Crippen LogP contribution in [0.3, 0.4) is 0 Å². The summed E-state index contributed by atoms with van der Waals surface area (Å²) < 4.78 is 0.0143. The molecular weight excluding hydrogens is 176 g/mol. The summed E-state index contributed by atoms with van der Waals surface area (Å²) in [6.45, 7) is 0. The Kier molecular flexibility index (Phi) is 3.22. The van der Waals surface area contributed by atoms with Crippen LogP contribution in [0.5, 0.6) is 0 Å². The van der Waals surface area contributed by atoms with E-state index in [0.29, 0.717) is 0 Å². The summed E-state index contributed by atoms with van der Waals surface area (Å²) in [7, 11) is 0. The fourth-order valence-corrected chi connectivity index (χ4v) is 3.45. The van der Waals surface area contributed by atoms with Crippen LogP contribution in [0, 0.1) is 0 Å². The van der Waals surface area contributed by atoms with Crippen molar-refractivity contribution in [2.75, 3.05) is 11.5 Å². The Bertz CT molecular complexity index is 112. The normalized spacial score (nSPS) is 21.9. The Labute approximate surface area is 67.9 Å². The van der Waals surface area contributed by atoms with Gasteiger partial charge < -0.3 is 0 Å². The van der Waals surface area contributed by atoms with Crippen LogP contribution in [-0.4, -0.2) is 21.3 Å². The Hall–Kier alpha value is 0.660. The van der Waals surface area contributed by atoms with Crippen LogP contribution in [0.25, 0.3) is 0 Å². The zero-order chi connectivity index (χ0) is 6.69.